The molecule has 1 rings (SSSR count). The van der Waals surface area contributed by atoms with Gasteiger partial charge in [-0.3, -0.25) is 0 Å². The van der Waals surface area contributed by atoms with E-state index in [-0.39, 0.29) is 17.7 Å². The third kappa shape index (κ3) is 5.48. The molecule has 21 heavy (non-hydrogen) atoms. The van der Waals surface area contributed by atoms with Crippen molar-refractivity contribution in [3.05, 3.63) is 48.0 Å². The number of hydrogen-bond acceptors (Lipinski definition) is 5. The minimum absolute atomic E-state index is 0.0118. The Labute approximate surface area is 122 Å². The van der Waals surface area contributed by atoms with Gasteiger partial charge in [0, 0.05) is 12.5 Å². The third-order valence-electron chi connectivity index (χ3n) is 2.59. The first-order chi connectivity index (χ1) is 9.93. The van der Waals surface area contributed by atoms with Crippen molar-refractivity contribution in [2.75, 3.05) is 6.61 Å². The van der Waals surface area contributed by atoms with Gasteiger partial charge in [0.25, 0.3) is 0 Å². The summed E-state index contributed by atoms with van der Waals surface area (Å²) >= 11 is 0. The SMILES string of the molecule is C=CC(=O)OC(C)CCOC(=O)c1cccc(C(=O)O)c1. The predicted octanol–water partition coefficient (Wildman–Crippen LogP) is 2.05. The fraction of sp³-hybridized carbons (Fsp3) is 0.267. The zero-order valence-electron chi connectivity index (χ0n) is 11.6. The van der Waals surface area contributed by atoms with Crippen LogP contribution in [0.1, 0.15) is 34.1 Å². The highest BCUT2D eigenvalue weighted by atomic mass is 16.6. The predicted molar refractivity (Wildman–Crippen MR) is 74.1 cm³/mol. The van der Waals surface area contributed by atoms with Crippen molar-refractivity contribution in [1.82, 2.24) is 0 Å². The average Bonchev–Trinajstić information content (AvgIpc) is 2.46. The van der Waals surface area contributed by atoms with Crippen LogP contribution in [0.4, 0.5) is 0 Å². The third-order valence-corrected chi connectivity index (χ3v) is 2.59. The Kier molecular flexibility index (Phi) is 6.13. The lowest BCUT2D eigenvalue weighted by Gasteiger charge is -2.12. The van der Waals surface area contributed by atoms with Gasteiger partial charge in [0.05, 0.1) is 17.7 Å². The minimum Gasteiger partial charge on any atom is -0.478 e. The molecule has 6 heteroatoms. The molecule has 0 aliphatic rings. The molecule has 0 bridgehead atoms. The molecule has 0 aliphatic carbocycles. The minimum atomic E-state index is -1.12. The van der Waals surface area contributed by atoms with Crippen molar-refractivity contribution in [3.63, 3.8) is 0 Å². The van der Waals surface area contributed by atoms with Crippen molar-refractivity contribution in [3.8, 4) is 0 Å². The van der Waals surface area contributed by atoms with Gasteiger partial charge in [0.2, 0.25) is 0 Å². The summed E-state index contributed by atoms with van der Waals surface area (Å²) in [6.45, 7) is 5.00. The lowest BCUT2D eigenvalue weighted by molar-refractivity contribution is -0.142. The van der Waals surface area contributed by atoms with E-state index in [1.54, 1.807) is 6.92 Å². The number of esters is 2. The molecule has 1 atom stereocenters. The number of carboxylic acid groups (broad SMARTS) is 1. The van der Waals surface area contributed by atoms with Crippen molar-refractivity contribution < 1.29 is 29.0 Å². The number of carbonyl (C=O) groups excluding carboxylic acids is 2. The van der Waals surface area contributed by atoms with Crippen LogP contribution in [-0.2, 0) is 14.3 Å². The van der Waals surface area contributed by atoms with E-state index in [2.05, 4.69) is 6.58 Å². The molecule has 1 aromatic carbocycles. The van der Waals surface area contributed by atoms with Crippen LogP contribution < -0.4 is 0 Å². The van der Waals surface area contributed by atoms with E-state index in [0.717, 1.165) is 6.08 Å². The van der Waals surface area contributed by atoms with Gasteiger partial charge in [-0.2, -0.15) is 0 Å². The summed E-state index contributed by atoms with van der Waals surface area (Å²) in [5, 5.41) is 8.84. The lowest BCUT2D eigenvalue weighted by atomic mass is 10.1. The van der Waals surface area contributed by atoms with Gasteiger partial charge in [-0.25, -0.2) is 14.4 Å². The molecule has 0 saturated carbocycles. The standard InChI is InChI=1S/C15H16O6/c1-3-13(16)21-10(2)7-8-20-15(19)12-6-4-5-11(9-12)14(17)18/h3-6,9-10H,1,7-8H2,2H3,(H,17,18). The molecule has 0 fully saturated rings. The second kappa shape index (κ2) is 7.84. The molecular weight excluding hydrogens is 276 g/mol. The fourth-order valence-corrected chi connectivity index (χ4v) is 1.49. The maximum atomic E-state index is 11.7. The Balaban J connectivity index is 2.47. The molecule has 6 nitrogen and oxygen atoms in total. The molecule has 0 radical (unpaired) electrons. The van der Waals surface area contributed by atoms with E-state index >= 15 is 0 Å². The van der Waals surface area contributed by atoms with Gasteiger partial charge >= 0.3 is 17.9 Å². The van der Waals surface area contributed by atoms with Crippen molar-refractivity contribution >= 4 is 17.9 Å². The Morgan fingerprint density at radius 2 is 2.00 bits per heavy atom. The highest BCUT2D eigenvalue weighted by Gasteiger charge is 2.12. The van der Waals surface area contributed by atoms with Crippen LogP contribution in [0.3, 0.4) is 0 Å². The van der Waals surface area contributed by atoms with Gasteiger partial charge in [0.15, 0.2) is 0 Å². The Bertz CT molecular complexity index is 549. The Hall–Kier alpha value is -2.63. The highest BCUT2D eigenvalue weighted by Crippen LogP contribution is 2.08. The van der Waals surface area contributed by atoms with Gasteiger partial charge in [-0.05, 0) is 25.1 Å². The molecule has 0 spiro atoms. The lowest BCUT2D eigenvalue weighted by Crippen LogP contribution is -2.17. The van der Waals surface area contributed by atoms with Crippen LogP contribution >= 0.6 is 0 Å². The summed E-state index contributed by atoms with van der Waals surface area (Å²) in [6, 6.07) is 5.56. The number of carboxylic acids is 1. The number of benzene rings is 1. The Morgan fingerprint density at radius 1 is 1.33 bits per heavy atom. The molecule has 1 N–H and O–H groups in total. The molecule has 0 amide bonds. The summed E-state index contributed by atoms with van der Waals surface area (Å²) in [7, 11) is 0. The summed E-state index contributed by atoms with van der Waals surface area (Å²) in [5.74, 6) is -2.28. The maximum Gasteiger partial charge on any atom is 0.338 e. The summed E-state index contributed by atoms with van der Waals surface area (Å²) < 4.78 is 9.91. The molecule has 0 aliphatic heterocycles. The number of hydrogen-bond donors (Lipinski definition) is 1. The highest BCUT2D eigenvalue weighted by molar-refractivity contribution is 5.94. The second-order valence-electron chi connectivity index (χ2n) is 4.26. The number of aromatic carboxylic acids is 1. The molecule has 112 valence electrons. The summed E-state index contributed by atoms with van der Waals surface area (Å²) in [6.07, 6.45) is 0.984. The van der Waals surface area contributed by atoms with Crippen LogP contribution in [0.5, 0.6) is 0 Å². The fourth-order valence-electron chi connectivity index (χ4n) is 1.49. The average molecular weight is 292 g/mol. The monoisotopic (exact) mass is 292 g/mol. The zero-order chi connectivity index (χ0) is 15.8. The van der Waals surface area contributed by atoms with Gasteiger partial charge in [-0.1, -0.05) is 12.6 Å². The first-order valence-corrected chi connectivity index (χ1v) is 6.27. The smallest absolute Gasteiger partial charge is 0.338 e. The van der Waals surface area contributed by atoms with Crippen LogP contribution in [0.25, 0.3) is 0 Å². The molecule has 0 saturated heterocycles. The first-order valence-electron chi connectivity index (χ1n) is 6.27. The molecular formula is C15H16O6. The molecule has 1 aromatic rings. The van der Waals surface area contributed by atoms with E-state index in [4.69, 9.17) is 14.6 Å². The van der Waals surface area contributed by atoms with E-state index < -0.39 is 24.0 Å². The summed E-state index contributed by atoms with van der Waals surface area (Å²) in [4.78, 5) is 33.5. The van der Waals surface area contributed by atoms with E-state index in [1.807, 2.05) is 0 Å². The second-order valence-corrected chi connectivity index (χ2v) is 4.26. The van der Waals surface area contributed by atoms with Crippen LogP contribution in [0.15, 0.2) is 36.9 Å². The van der Waals surface area contributed by atoms with Gasteiger partial charge in [0.1, 0.15) is 6.10 Å². The van der Waals surface area contributed by atoms with E-state index in [9.17, 15) is 14.4 Å². The first kappa shape index (κ1) is 16.4. The van der Waals surface area contributed by atoms with Gasteiger partial charge < -0.3 is 14.6 Å². The number of carbonyl (C=O) groups is 3. The molecule has 1 unspecified atom stereocenters. The quantitative estimate of drug-likeness (QED) is 0.611. The van der Waals surface area contributed by atoms with Gasteiger partial charge in [-0.15, -0.1) is 0 Å². The topological polar surface area (TPSA) is 89.9 Å². The largest absolute Gasteiger partial charge is 0.478 e. The van der Waals surface area contributed by atoms with Crippen molar-refractivity contribution in [2.45, 2.75) is 19.4 Å². The molecule has 0 heterocycles. The van der Waals surface area contributed by atoms with Crippen molar-refractivity contribution in [1.29, 1.82) is 0 Å². The number of rotatable bonds is 7. The normalized spacial score (nSPS) is 11.3. The van der Waals surface area contributed by atoms with E-state index in [1.165, 1.54) is 24.3 Å². The molecule has 0 aromatic heterocycles. The zero-order valence-corrected chi connectivity index (χ0v) is 11.6. The van der Waals surface area contributed by atoms with Crippen LogP contribution in [0, 0.1) is 0 Å². The van der Waals surface area contributed by atoms with Crippen molar-refractivity contribution in [2.24, 2.45) is 0 Å². The summed E-state index contributed by atoms with van der Waals surface area (Å²) in [5.41, 5.74) is 0.170. The maximum absolute atomic E-state index is 11.7. The van der Waals surface area contributed by atoms with E-state index in [0.29, 0.717) is 6.42 Å². The van der Waals surface area contributed by atoms with Crippen LogP contribution in [-0.4, -0.2) is 35.7 Å². The Morgan fingerprint density at radius 3 is 2.62 bits per heavy atom. The number of ether oxygens (including phenoxy) is 2. The van der Waals surface area contributed by atoms with Crippen LogP contribution in [0.2, 0.25) is 0 Å².